The number of hydrogen-bond acceptors (Lipinski definition) is 6. The van der Waals surface area contributed by atoms with Crippen LogP contribution >= 0.6 is 0 Å². The summed E-state index contributed by atoms with van der Waals surface area (Å²) >= 11 is 0. The lowest BCUT2D eigenvalue weighted by molar-refractivity contribution is -0.146. The predicted molar refractivity (Wildman–Crippen MR) is 89.9 cm³/mol. The Hall–Kier alpha value is -3.40. The molecule has 3 amide bonds. The summed E-state index contributed by atoms with van der Waals surface area (Å²) in [6, 6.07) is 6.41. The quantitative estimate of drug-likeness (QED) is 0.799. The normalized spacial score (nSPS) is 20.6. The number of hydrogen-bond donors (Lipinski definition) is 1. The molecule has 2 aromatic rings. The lowest BCUT2D eigenvalue weighted by Gasteiger charge is -2.28. The molecule has 2 atom stereocenters. The Bertz CT molecular complexity index is 912. The molecule has 0 radical (unpaired) electrons. The maximum Gasteiger partial charge on any atom is 0.345 e. The molecule has 0 spiro atoms. The number of benzene rings is 1. The molecule has 0 aliphatic carbocycles. The smallest absolute Gasteiger partial charge is 0.345 e. The predicted octanol–water partition coefficient (Wildman–Crippen LogP) is 0.948. The number of carbonyl (C=O) groups excluding carboxylic acids is 3. The summed E-state index contributed by atoms with van der Waals surface area (Å²) in [4.78, 5) is 44.0. The number of ether oxygens (including phenoxy) is 1. The number of hydroxylamine groups is 2. The second-order valence-corrected chi connectivity index (χ2v) is 6.20. The third kappa shape index (κ3) is 2.61. The molecule has 1 saturated heterocycles. The van der Waals surface area contributed by atoms with Crippen LogP contribution in [0.5, 0.6) is 0 Å². The van der Waals surface area contributed by atoms with Crippen molar-refractivity contribution in [3.63, 3.8) is 0 Å². The van der Waals surface area contributed by atoms with E-state index in [0.717, 1.165) is 10.2 Å². The molecule has 2 unspecified atom stereocenters. The summed E-state index contributed by atoms with van der Waals surface area (Å²) in [5.41, 5.74) is 7.00. The van der Waals surface area contributed by atoms with Crippen LogP contribution in [0.25, 0.3) is 0 Å². The second-order valence-electron chi connectivity index (χ2n) is 6.20. The number of aromatic nitrogens is 2. The van der Waals surface area contributed by atoms with Gasteiger partial charge in [0.25, 0.3) is 0 Å². The van der Waals surface area contributed by atoms with Gasteiger partial charge in [-0.05, 0) is 5.56 Å². The van der Waals surface area contributed by atoms with Gasteiger partial charge in [-0.2, -0.15) is 14.8 Å². The van der Waals surface area contributed by atoms with E-state index in [9.17, 15) is 14.4 Å². The van der Waals surface area contributed by atoms with Crippen LogP contribution in [0.15, 0.2) is 36.5 Å². The number of fused-ring (bicyclic) bond motifs is 4. The summed E-state index contributed by atoms with van der Waals surface area (Å²) in [7, 11) is 1.21. The van der Waals surface area contributed by atoms with Crippen molar-refractivity contribution in [2.24, 2.45) is 5.73 Å². The Labute approximate surface area is 154 Å². The van der Waals surface area contributed by atoms with Gasteiger partial charge in [-0.25, -0.2) is 14.4 Å². The first-order chi connectivity index (χ1) is 13.0. The topological polar surface area (TPSA) is 120 Å². The largest absolute Gasteiger partial charge is 0.467 e. The van der Waals surface area contributed by atoms with Gasteiger partial charge < -0.3 is 15.4 Å². The van der Waals surface area contributed by atoms with Crippen LogP contribution in [0, 0.1) is 0 Å². The fourth-order valence-electron chi connectivity index (χ4n) is 3.48. The first-order valence-electron chi connectivity index (χ1n) is 8.25. The second kappa shape index (κ2) is 6.40. The van der Waals surface area contributed by atoms with Gasteiger partial charge in [-0.15, -0.1) is 0 Å². The van der Waals surface area contributed by atoms with Crippen LogP contribution in [-0.2, 0) is 21.0 Å². The van der Waals surface area contributed by atoms with Crippen LogP contribution in [0.3, 0.4) is 0 Å². The zero-order chi connectivity index (χ0) is 19.1. The summed E-state index contributed by atoms with van der Waals surface area (Å²) in [6.07, 6.45) is 1.43. The van der Waals surface area contributed by atoms with E-state index in [4.69, 9.17) is 15.3 Å². The fourth-order valence-corrected chi connectivity index (χ4v) is 3.48. The van der Waals surface area contributed by atoms with E-state index >= 15 is 0 Å². The number of nitrogens with two attached hydrogens (primary N) is 1. The number of esters is 1. The first kappa shape index (κ1) is 17.0. The molecular weight excluding hydrogens is 354 g/mol. The van der Waals surface area contributed by atoms with Crippen molar-refractivity contribution in [1.82, 2.24) is 19.7 Å². The average Bonchev–Trinajstić information content (AvgIpc) is 3.23. The van der Waals surface area contributed by atoms with Crippen LogP contribution < -0.4 is 5.73 Å². The molecule has 10 heteroatoms. The van der Waals surface area contributed by atoms with Gasteiger partial charge in [0, 0.05) is 5.56 Å². The van der Waals surface area contributed by atoms with E-state index in [1.54, 1.807) is 0 Å². The summed E-state index contributed by atoms with van der Waals surface area (Å²) in [6.45, 7) is 0.393. The van der Waals surface area contributed by atoms with Crippen LogP contribution in [0.4, 0.5) is 9.59 Å². The molecule has 1 fully saturated rings. The zero-order valence-electron chi connectivity index (χ0n) is 14.4. The van der Waals surface area contributed by atoms with E-state index in [1.807, 2.05) is 30.3 Å². The molecular formula is C17H17N5O5. The van der Waals surface area contributed by atoms with Crippen LogP contribution in [-0.4, -0.2) is 51.4 Å². The minimum Gasteiger partial charge on any atom is -0.467 e. The maximum atomic E-state index is 12.9. The number of carbonyl (C=O) groups is 3. The van der Waals surface area contributed by atoms with Crippen molar-refractivity contribution >= 4 is 18.0 Å². The molecule has 10 nitrogen and oxygen atoms in total. The molecule has 4 rings (SSSR count). The van der Waals surface area contributed by atoms with Crippen molar-refractivity contribution in [2.45, 2.75) is 18.7 Å². The Morgan fingerprint density at radius 2 is 2.04 bits per heavy atom. The SMILES string of the molecule is COC(=O)C1c2c(cnn2C(N)=O)C2CN1C(=O)N2OCc1ccccc1. The number of methoxy groups -OCH3 is 1. The molecule has 2 bridgehead atoms. The van der Waals surface area contributed by atoms with Gasteiger partial charge in [0.05, 0.1) is 25.5 Å². The highest BCUT2D eigenvalue weighted by atomic mass is 16.7. The monoisotopic (exact) mass is 371 g/mol. The third-order valence-electron chi connectivity index (χ3n) is 4.70. The minimum atomic E-state index is -1.12. The minimum absolute atomic E-state index is 0.180. The van der Waals surface area contributed by atoms with Crippen molar-refractivity contribution in [1.29, 1.82) is 0 Å². The number of urea groups is 1. The van der Waals surface area contributed by atoms with E-state index in [2.05, 4.69) is 5.10 Å². The lowest BCUT2D eigenvalue weighted by atomic mass is 9.98. The Morgan fingerprint density at radius 1 is 1.30 bits per heavy atom. The van der Waals surface area contributed by atoms with Gasteiger partial charge in [-0.1, -0.05) is 30.3 Å². The van der Waals surface area contributed by atoms with Crippen molar-refractivity contribution in [3.8, 4) is 0 Å². The van der Waals surface area contributed by atoms with Gasteiger partial charge in [0.2, 0.25) is 0 Å². The summed E-state index contributed by atoms with van der Waals surface area (Å²) in [5.74, 6) is -0.684. The van der Waals surface area contributed by atoms with E-state index in [1.165, 1.54) is 23.3 Å². The molecule has 0 saturated carbocycles. The van der Waals surface area contributed by atoms with E-state index < -0.39 is 30.1 Å². The summed E-state index contributed by atoms with van der Waals surface area (Å²) in [5, 5.41) is 5.19. The Morgan fingerprint density at radius 3 is 2.70 bits per heavy atom. The molecule has 1 aromatic carbocycles. The van der Waals surface area contributed by atoms with Gasteiger partial charge in [-0.3, -0.25) is 4.84 Å². The van der Waals surface area contributed by atoms with E-state index in [-0.39, 0.29) is 18.8 Å². The van der Waals surface area contributed by atoms with Gasteiger partial charge >= 0.3 is 18.0 Å². The van der Waals surface area contributed by atoms with Crippen LogP contribution in [0.1, 0.15) is 28.9 Å². The fraction of sp³-hybridized carbons (Fsp3) is 0.294. The molecule has 140 valence electrons. The molecule has 2 aliphatic heterocycles. The van der Waals surface area contributed by atoms with Crippen molar-refractivity contribution in [3.05, 3.63) is 53.3 Å². The highest BCUT2D eigenvalue weighted by molar-refractivity contribution is 5.89. The van der Waals surface area contributed by atoms with E-state index in [0.29, 0.717) is 5.56 Å². The summed E-state index contributed by atoms with van der Waals surface area (Å²) < 4.78 is 5.75. The third-order valence-corrected chi connectivity index (χ3v) is 4.70. The Balaban J connectivity index is 1.70. The lowest BCUT2D eigenvalue weighted by Crippen LogP contribution is -2.41. The zero-order valence-corrected chi connectivity index (χ0v) is 14.4. The number of rotatable bonds is 4. The average molecular weight is 371 g/mol. The first-order valence-corrected chi connectivity index (χ1v) is 8.25. The number of nitrogens with zero attached hydrogens (tertiary/aromatic N) is 4. The number of amides is 3. The molecule has 2 N–H and O–H groups in total. The maximum absolute atomic E-state index is 12.9. The van der Waals surface area contributed by atoms with Crippen molar-refractivity contribution < 1.29 is 24.0 Å². The molecule has 1 aromatic heterocycles. The molecule has 27 heavy (non-hydrogen) atoms. The van der Waals surface area contributed by atoms with Crippen LogP contribution in [0.2, 0.25) is 0 Å². The van der Waals surface area contributed by atoms with Gasteiger partial charge in [0.15, 0.2) is 6.04 Å². The van der Waals surface area contributed by atoms with Crippen molar-refractivity contribution in [2.75, 3.05) is 13.7 Å². The molecule has 2 aliphatic rings. The highest BCUT2D eigenvalue weighted by Crippen LogP contribution is 2.44. The molecule has 3 heterocycles. The van der Waals surface area contributed by atoms with Gasteiger partial charge in [0.1, 0.15) is 12.6 Å². The highest BCUT2D eigenvalue weighted by Gasteiger charge is 2.53. The Kier molecular flexibility index (Phi) is 4.04. The standard InChI is InChI=1S/C17H17N5O5/c1-26-15(23)14-13-11(7-19-21(13)16(18)24)12-8-20(14)17(25)22(12)27-9-10-5-3-2-4-6-10/h2-7,12,14H,8-9H2,1H3,(H2,18,24). The number of primary amides is 1.